The Balaban J connectivity index is 2.20. The van der Waals surface area contributed by atoms with E-state index in [9.17, 15) is 13.6 Å². The molecule has 8 heteroatoms. The van der Waals surface area contributed by atoms with Gasteiger partial charge in [0.15, 0.2) is 0 Å². The van der Waals surface area contributed by atoms with Gasteiger partial charge in [0.25, 0.3) is 0 Å². The van der Waals surface area contributed by atoms with E-state index in [1.807, 2.05) is 0 Å². The van der Waals surface area contributed by atoms with Crippen molar-refractivity contribution >= 4 is 23.2 Å². The zero-order valence-electron chi connectivity index (χ0n) is 10.6. The molecular formula is C13H11F2N3O3. The van der Waals surface area contributed by atoms with E-state index in [4.69, 9.17) is 10.8 Å². The van der Waals surface area contributed by atoms with E-state index in [2.05, 4.69) is 15.0 Å². The van der Waals surface area contributed by atoms with E-state index in [-0.39, 0.29) is 22.8 Å². The lowest BCUT2D eigenvalue weighted by atomic mass is 10.2. The third-order valence-electron chi connectivity index (χ3n) is 2.48. The van der Waals surface area contributed by atoms with Gasteiger partial charge in [0.05, 0.1) is 11.9 Å². The first-order valence-corrected chi connectivity index (χ1v) is 5.76. The van der Waals surface area contributed by atoms with Crippen molar-refractivity contribution in [3.8, 4) is 5.75 Å². The van der Waals surface area contributed by atoms with Crippen LogP contribution in [0.2, 0.25) is 0 Å². The SMILES string of the molecule is Nc1cnc(Nc2ccc(OC(F)F)cc2)c(C(=O)O)c1. The molecule has 0 amide bonds. The first kappa shape index (κ1) is 14.5. The largest absolute Gasteiger partial charge is 0.478 e. The molecule has 0 aliphatic carbocycles. The molecule has 0 saturated carbocycles. The molecule has 1 aromatic carbocycles. The first-order valence-electron chi connectivity index (χ1n) is 5.76. The summed E-state index contributed by atoms with van der Waals surface area (Å²) in [6, 6.07) is 6.84. The molecule has 0 spiro atoms. The van der Waals surface area contributed by atoms with Crippen LogP contribution in [0.3, 0.4) is 0 Å². The maximum absolute atomic E-state index is 12.0. The molecule has 0 aliphatic heterocycles. The molecule has 4 N–H and O–H groups in total. The van der Waals surface area contributed by atoms with Crippen LogP contribution in [-0.2, 0) is 0 Å². The molecular weight excluding hydrogens is 284 g/mol. The highest BCUT2D eigenvalue weighted by molar-refractivity contribution is 5.94. The normalized spacial score (nSPS) is 10.4. The summed E-state index contributed by atoms with van der Waals surface area (Å²) >= 11 is 0. The number of aromatic nitrogens is 1. The first-order chi connectivity index (χ1) is 9.95. The lowest BCUT2D eigenvalue weighted by molar-refractivity contribution is -0.0498. The number of nitrogens with one attached hydrogen (secondary N) is 1. The number of aromatic carboxylic acids is 1. The Hall–Kier alpha value is -2.90. The van der Waals surface area contributed by atoms with Gasteiger partial charge in [-0.25, -0.2) is 9.78 Å². The van der Waals surface area contributed by atoms with Gasteiger partial charge in [-0.3, -0.25) is 0 Å². The molecule has 0 bridgehead atoms. The number of benzene rings is 1. The molecule has 2 rings (SSSR count). The highest BCUT2D eigenvalue weighted by atomic mass is 19.3. The van der Waals surface area contributed by atoms with Gasteiger partial charge in [-0.2, -0.15) is 8.78 Å². The number of nitrogens with zero attached hydrogens (tertiary/aromatic N) is 1. The van der Waals surface area contributed by atoms with E-state index >= 15 is 0 Å². The van der Waals surface area contributed by atoms with Crippen molar-refractivity contribution < 1.29 is 23.4 Å². The summed E-state index contributed by atoms with van der Waals surface area (Å²) in [5, 5.41) is 11.8. The van der Waals surface area contributed by atoms with Crippen LogP contribution in [-0.4, -0.2) is 22.7 Å². The number of hydrogen-bond donors (Lipinski definition) is 3. The molecule has 0 radical (unpaired) electrons. The van der Waals surface area contributed by atoms with E-state index in [0.29, 0.717) is 5.69 Å². The summed E-state index contributed by atoms with van der Waals surface area (Å²) in [7, 11) is 0. The number of halogens is 2. The van der Waals surface area contributed by atoms with Gasteiger partial charge in [-0.05, 0) is 30.3 Å². The fourth-order valence-corrected chi connectivity index (χ4v) is 1.60. The van der Waals surface area contributed by atoms with Gasteiger partial charge in [0, 0.05) is 5.69 Å². The van der Waals surface area contributed by atoms with Crippen LogP contribution in [0.4, 0.5) is 26.0 Å². The van der Waals surface area contributed by atoms with Crippen LogP contribution in [0.5, 0.6) is 5.75 Å². The van der Waals surface area contributed by atoms with Crippen molar-refractivity contribution in [1.82, 2.24) is 4.98 Å². The molecule has 0 aliphatic rings. The Bertz CT molecular complexity index is 648. The Labute approximate surface area is 118 Å². The van der Waals surface area contributed by atoms with Gasteiger partial charge in [0.1, 0.15) is 17.1 Å². The van der Waals surface area contributed by atoms with Crippen molar-refractivity contribution in [1.29, 1.82) is 0 Å². The molecule has 0 unspecified atom stereocenters. The number of nitrogen functional groups attached to an aromatic ring is 1. The van der Waals surface area contributed by atoms with Crippen molar-refractivity contribution in [2.45, 2.75) is 6.61 Å². The summed E-state index contributed by atoms with van der Waals surface area (Å²) < 4.78 is 28.3. The number of carbonyl (C=O) groups is 1. The number of alkyl halides is 2. The van der Waals surface area contributed by atoms with Crippen LogP contribution in [0.25, 0.3) is 0 Å². The van der Waals surface area contributed by atoms with E-state index in [1.165, 1.54) is 36.5 Å². The van der Waals surface area contributed by atoms with Crippen LogP contribution >= 0.6 is 0 Å². The van der Waals surface area contributed by atoms with E-state index in [0.717, 1.165) is 0 Å². The zero-order valence-corrected chi connectivity index (χ0v) is 10.6. The Morgan fingerprint density at radius 2 is 2.00 bits per heavy atom. The van der Waals surface area contributed by atoms with Crippen LogP contribution in [0, 0.1) is 0 Å². The number of ether oxygens (including phenoxy) is 1. The number of nitrogens with two attached hydrogens (primary N) is 1. The third kappa shape index (κ3) is 3.78. The monoisotopic (exact) mass is 295 g/mol. The zero-order chi connectivity index (χ0) is 15.4. The van der Waals surface area contributed by atoms with Gasteiger partial charge in [-0.1, -0.05) is 0 Å². The second kappa shape index (κ2) is 6.04. The van der Waals surface area contributed by atoms with Crippen LogP contribution < -0.4 is 15.8 Å². The van der Waals surface area contributed by atoms with Gasteiger partial charge in [0.2, 0.25) is 0 Å². The van der Waals surface area contributed by atoms with Crippen LogP contribution in [0.1, 0.15) is 10.4 Å². The van der Waals surface area contributed by atoms with Gasteiger partial charge in [-0.15, -0.1) is 0 Å². The minimum atomic E-state index is -2.90. The quantitative estimate of drug-likeness (QED) is 0.784. The average molecular weight is 295 g/mol. The summed E-state index contributed by atoms with van der Waals surface area (Å²) in [4.78, 5) is 15.0. The van der Waals surface area contributed by atoms with Crippen LogP contribution in [0.15, 0.2) is 36.5 Å². The van der Waals surface area contributed by atoms with E-state index in [1.54, 1.807) is 0 Å². The average Bonchev–Trinajstić information content (AvgIpc) is 2.42. The van der Waals surface area contributed by atoms with Crippen molar-refractivity contribution in [3.63, 3.8) is 0 Å². The maximum atomic E-state index is 12.0. The third-order valence-corrected chi connectivity index (χ3v) is 2.48. The Morgan fingerprint density at radius 1 is 1.33 bits per heavy atom. The fourth-order valence-electron chi connectivity index (χ4n) is 1.60. The highest BCUT2D eigenvalue weighted by Crippen LogP contribution is 2.23. The molecule has 0 atom stereocenters. The van der Waals surface area contributed by atoms with Crippen molar-refractivity contribution in [2.24, 2.45) is 0 Å². The highest BCUT2D eigenvalue weighted by Gasteiger charge is 2.12. The molecule has 6 nitrogen and oxygen atoms in total. The predicted molar refractivity (Wildman–Crippen MR) is 72.0 cm³/mol. The smallest absolute Gasteiger partial charge is 0.387 e. The lowest BCUT2D eigenvalue weighted by Gasteiger charge is -2.10. The van der Waals surface area contributed by atoms with Crippen molar-refractivity contribution in [2.75, 3.05) is 11.1 Å². The van der Waals surface area contributed by atoms with Crippen molar-refractivity contribution in [3.05, 3.63) is 42.1 Å². The lowest BCUT2D eigenvalue weighted by Crippen LogP contribution is -2.06. The summed E-state index contributed by atoms with van der Waals surface area (Å²) in [6.07, 6.45) is 1.31. The summed E-state index contributed by atoms with van der Waals surface area (Å²) in [5.74, 6) is -1.09. The number of pyridine rings is 1. The molecule has 110 valence electrons. The number of rotatable bonds is 5. The molecule has 1 heterocycles. The number of carboxylic acid groups (broad SMARTS) is 1. The standard InChI is InChI=1S/C13H11F2N3O3/c14-13(15)21-9-3-1-8(2-4-9)18-11-10(12(19)20)5-7(16)6-17-11/h1-6,13H,16H2,(H,17,18)(H,19,20). The fraction of sp³-hybridized carbons (Fsp3) is 0.0769. The topological polar surface area (TPSA) is 97.5 Å². The number of hydrogen-bond acceptors (Lipinski definition) is 5. The van der Waals surface area contributed by atoms with E-state index < -0.39 is 12.6 Å². The number of anilines is 3. The molecule has 0 saturated heterocycles. The summed E-state index contributed by atoms with van der Waals surface area (Å²) in [5.41, 5.74) is 6.08. The molecule has 2 aromatic rings. The molecule has 0 fully saturated rings. The Morgan fingerprint density at radius 3 is 2.57 bits per heavy atom. The Kier molecular flexibility index (Phi) is 4.17. The summed E-state index contributed by atoms with van der Waals surface area (Å²) in [6.45, 7) is -2.90. The minimum absolute atomic E-state index is 0.000673. The minimum Gasteiger partial charge on any atom is -0.478 e. The second-order valence-corrected chi connectivity index (χ2v) is 4.00. The molecule has 21 heavy (non-hydrogen) atoms. The predicted octanol–water partition coefficient (Wildman–Crippen LogP) is 2.71. The molecule has 1 aromatic heterocycles. The number of carboxylic acids is 1. The van der Waals surface area contributed by atoms with Gasteiger partial charge < -0.3 is 20.9 Å². The van der Waals surface area contributed by atoms with Gasteiger partial charge >= 0.3 is 12.6 Å². The second-order valence-electron chi connectivity index (χ2n) is 4.00. The maximum Gasteiger partial charge on any atom is 0.387 e.